The first-order valence-corrected chi connectivity index (χ1v) is 15.6. The molecule has 4 aromatic rings. The lowest BCUT2D eigenvalue weighted by molar-refractivity contribution is -0.268. The number of anilines is 1. The van der Waals surface area contributed by atoms with Gasteiger partial charge in [0.15, 0.2) is 12.1 Å². The minimum Gasteiger partial charge on any atom is -0.478 e. The number of hydrogen-bond acceptors (Lipinski definition) is 7. The van der Waals surface area contributed by atoms with Gasteiger partial charge >= 0.3 is 5.97 Å². The molecule has 1 saturated heterocycles. The van der Waals surface area contributed by atoms with E-state index in [1.807, 2.05) is 48.5 Å². The third kappa shape index (κ3) is 8.26. The van der Waals surface area contributed by atoms with Crippen LogP contribution in [0.15, 0.2) is 102 Å². The van der Waals surface area contributed by atoms with E-state index in [0.29, 0.717) is 17.0 Å². The molecular weight excluding hydrogens is 590 g/mol. The highest BCUT2D eigenvalue weighted by Crippen LogP contribution is 2.43. The highest BCUT2D eigenvalue weighted by atomic mass is 32.2. The summed E-state index contributed by atoms with van der Waals surface area (Å²) in [5.74, 6) is -0.597. The van der Waals surface area contributed by atoms with Crippen molar-refractivity contribution in [2.24, 2.45) is 5.92 Å². The van der Waals surface area contributed by atoms with E-state index in [-0.39, 0.29) is 48.4 Å². The molecule has 0 bridgehead atoms. The van der Waals surface area contributed by atoms with Gasteiger partial charge in [0.1, 0.15) is 0 Å². The van der Waals surface area contributed by atoms with E-state index in [4.69, 9.17) is 9.47 Å². The van der Waals surface area contributed by atoms with Crippen molar-refractivity contribution in [3.8, 4) is 0 Å². The van der Waals surface area contributed by atoms with Gasteiger partial charge < -0.3 is 25.0 Å². The Morgan fingerprint density at radius 1 is 0.822 bits per heavy atom. The van der Waals surface area contributed by atoms with E-state index in [9.17, 15) is 24.6 Å². The minimum atomic E-state index is -0.961. The predicted molar refractivity (Wildman–Crippen MR) is 172 cm³/mol. The van der Waals surface area contributed by atoms with E-state index >= 15 is 0 Å². The summed E-state index contributed by atoms with van der Waals surface area (Å²) >= 11 is 1.59. The number of thioether (sulfide) groups is 1. The Morgan fingerprint density at radius 2 is 1.49 bits per heavy atom. The molecule has 0 aromatic heterocycles. The standard InChI is InChI=1S/C36H35NO7S/c1-22-32(21-45-31-16-14-27(15-17-31)35(41)42)43-36(44-34(22)26-10-8-25(20-38)9-11-26)28-12-6-24(7-13-28)18-33(40)37-30-5-3-4-29(19-30)23(2)39/h3-17,19,22,32,34,36,38H,18,20-21H2,1-2H3,(H,37,40)(H,41,42). The number of carbonyl (C=O) groups excluding carboxylic acids is 2. The van der Waals surface area contributed by atoms with Crippen LogP contribution in [0.1, 0.15) is 69.2 Å². The molecule has 0 aliphatic carbocycles. The summed E-state index contributed by atoms with van der Waals surface area (Å²) in [5.41, 5.74) is 4.78. The number of benzene rings is 4. The van der Waals surface area contributed by atoms with E-state index in [2.05, 4.69) is 12.2 Å². The monoisotopic (exact) mass is 625 g/mol. The number of carbonyl (C=O) groups is 3. The topological polar surface area (TPSA) is 122 Å². The van der Waals surface area contributed by atoms with Crippen LogP contribution in [0.2, 0.25) is 0 Å². The van der Waals surface area contributed by atoms with E-state index < -0.39 is 12.3 Å². The summed E-state index contributed by atoms with van der Waals surface area (Å²) in [6, 6.07) is 28.9. The van der Waals surface area contributed by atoms with Crippen LogP contribution in [0.5, 0.6) is 0 Å². The number of aliphatic hydroxyl groups excluding tert-OH is 1. The van der Waals surface area contributed by atoms with Gasteiger partial charge in [0, 0.05) is 33.4 Å². The molecule has 0 radical (unpaired) electrons. The fourth-order valence-corrected chi connectivity index (χ4v) is 6.25. The van der Waals surface area contributed by atoms with E-state index in [1.165, 1.54) is 6.92 Å². The quantitative estimate of drug-likeness (QED) is 0.122. The van der Waals surface area contributed by atoms with E-state index in [1.54, 1.807) is 60.3 Å². The maximum atomic E-state index is 12.7. The van der Waals surface area contributed by atoms with Gasteiger partial charge in [-0.15, -0.1) is 11.8 Å². The van der Waals surface area contributed by atoms with Crippen LogP contribution in [0.25, 0.3) is 0 Å². The maximum absolute atomic E-state index is 12.7. The summed E-state index contributed by atoms with van der Waals surface area (Å²) in [7, 11) is 0. The molecule has 0 spiro atoms. The molecule has 4 aromatic carbocycles. The third-order valence-corrected chi connectivity index (χ3v) is 8.91. The number of aromatic carboxylic acids is 1. The lowest BCUT2D eigenvalue weighted by Crippen LogP contribution is -2.38. The molecule has 9 heteroatoms. The second-order valence-corrected chi connectivity index (χ2v) is 12.2. The Morgan fingerprint density at radius 3 is 2.13 bits per heavy atom. The number of rotatable bonds is 11. The van der Waals surface area contributed by atoms with E-state index in [0.717, 1.165) is 27.1 Å². The molecule has 0 saturated carbocycles. The van der Waals surface area contributed by atoms with Gasteiger partial charge in [-0.2, -0.15) is 0 Å². The number of aliphatic hydroxyl groups is 1. The zero-order valence-corrected chi connectivity index (χ0v) is 25.8. The zero-order chi connectivity index (χ0) is 31.9. The van der Waals surface area contributed by atoms with Crippen LogP contribution in [-0.2, 0) is 27.3 Å². The Kier molecular flexibility index (Phi) is 10.5. The highest BCUT2D eigenvalue weighted by Gasteiger charge is 2.38. The van der Waals surface area contributed by atoms with Crippen molar-refractivity contribution in [2.45, 2.75) is 50.3 Å². The van der Waals surface area contributed by atoms with Crippen molar-refractivity contribution in [1.29, 1.82) is 0 Å². The molecule has 1 aliphatic heterocycles. The number of amides is 1. The van der Waals surface area contributed by atoms with Crippen LogP contribution < -0.4 is 5.32 Å². The molecule has 1 heterocycles. The summed E-state index contributed by atoms with van der Waals surface area (Å²) < 4.78 is 13.0. The fraction of sp³-hybridized carbons (Fsp3) is 0.250. The van der Waals surface area contributed by atoms with Gasteiger partial charge in [-0.1, -0.05) is 67.6 Å². The van der Waals surface area contributed by atoms with Gasteiger partial charge in [0.2, 0.25) is 5.91 Å². The van der Waals surface area contributed by atoms with Gasteiger partial charge in [-0.3, -0.25) is 9.59 Å². The number of carboxylic acid groups (broad SMARTS) is 1. The summed E-state index contributed by atoms with van der Waals surface area (Å²) in [6.07, 6.45) is -0.950. The Bertz CT molecular complexity index is 1640. The van der Waals surface area contributed by atoms with Gasteiger partial charge in [-0.25, -0.2) is 4.79 Å². The third-order valence-electron chi connectivity index (χ3n) is 7.81. The van der Waals surface area contributed by atoms with Crippen molar-refractivity contribution in [2.75, 3.05) is 11.1 Å². The average molecular weight is 626 g/mol. The molecule has 4 unspecified atom stereocenters. The lowest BCUT2D eigenvalue weighted by Gasteiger charge is -2.41. The lowest BCUT2D eigenvalue weighted by atomic mass is 9.91. The number of nitrogens with one attached hydrogen (secondary N) is 1. The SMILES string of the molecule is CC(=O)c1cccc(NC(=O)Cc2ccc(C3OC(CSc4ccc(C(=O)O)cc4)C(C)C(c4ccc(CO)cc4)O3)cc2)c1. The molecular formula is C36H35NO7S. The van der Waals surface area contributed by atoms with Crippen molar-refractivity contribution in [3.63, 3.8) is 0 Å². The van der Waals surface area contributed by atoms with Crippen molar-refractivity contribution >= 4 is 35.1 Å². The zero-order valence-electron chi connectivity index (χ0n) is 25.0. The van der Waals surface area contributed by atoms with Crippen LogP contribution in [0.3, 0.4) is 0 Å². The predicted octanol–water partition coefficient (Wildman–Crippen LogP) is 6.84. The molecule has 4 atom stereocenters. The van der Waals surface area contributed by atoms with Crippen LogP contribution in [-0.4, -0.2) is 39.7 Å². The molecule has 232 valence electrons. The number of ether oxygens (including phenoxy) is 2. The average Bonchev–Trinajstić information content (AvgIpc) is 3.05. The molecule has 8 nitrogen and oxygen atoms in total. The second kappa shape index (κ2) is 14.7. The Hall–Kier alpha value is -4.28. The smallest absolute Gasteiger partial charge is 0.335 e. The van der Waals surface area contributed by atoms with Crippen molar-refractivity contribution in [3.05, 3.63) is 130 Å². The summed E-state index contributed by atoms with van der Waals surface area (Å²) in [6.45, 7) is 3.54. The largest absolute Gasteiger partial charge is 0.478 e. The maximum Gasteiger partial charge on any atom is 0.335 e. The molecule has 1 aliphatic rings. The van der Waals surface area contributed by atoms with Crippen molar-refractivity contribution in [1.82, 2.24) is 0 Å². The van der Waals surface area contributed by atoms with Crippen molar-refractivity contribution < 1.29 is 34.1 Å². The first kappa shape index (κ1) is 32.1. The number of Topliss-reactive ketones (excluding diaryl/α,β-unsaturated/α-hetero) is 1. The summed E-state index contributed by atoms with van der Waals surface area (Å²) in [4.78, 5) is 36.6. The van der Waals surface area contributed by atoms with Gasteiger partial charge in [0.25, 0.3) is 0 Å². The molecule has 3 N–H and O–H groups in total. The van der Waals surface area contributed by atoms with Crippen LogP contribution in [0.4, 0.5) is 5.69 Å². The minimum absolute atomic E-state index is 0.00325. The summed E-state index contributed by atoms with van der Waals surface area (Å²) in [5, 5.41) is 21.6. The fourth-order valence-electron chi connectivity index (χ4n) is 5.18. The first-order chi connectivity index (χ1) is 21.7. The van der Waals surface area contributed by atoms with Gasteiger partial charge in [0.05, 0.1) is 30.8 Å². The van der Waals surface area contributed by atoms with Crippen LogP contribution in [0, 0.1) is 5.92 Å². The molecule has 1 fully saturated rings. The molecule has 5 rings (SSSR count). The number of carboxylic acids is 1. The first-order valence-electron chi connectivity index (χ1n) is 14.7. The number of ketones is 1. The van der Waals surface area contributed by atoms with Gasteiger partial charge in [-0.05, 0) is 60.0 Å². The number of hydrogen-bond donors (Lipinski definition) is 3. The normalized spacial score (nSPS) is 19.5. The molecule has 1 amide bonds. The highest BCUT2D eigenvalue weighted by molar-refractivity contribution is 7.99. The second-order valence-electron chi connectivity index (χ2n) is 11.1. The Labute approximate surface area is 266 Å². The van der Waals surface area contributed by atoms with Crippen LogP contribution >= 0.6 is 11.8 Å². The Balaban J connectivity index is 1.29. The molecule has 45 heavy (non-hydrogen) atoms.